The van der Waals surface area contributed by atoms with Crippen molar-refractivity contribution in [1.82, 2.24) is 0 Å². The molecule has 2 heterocycles. The molecule has 1 saturated heterocycles. The highest BCUT2D eigenvalue weighted by atomic mass is 32.2. The first-order chi connectivity index (χ1) is 18.6. The molecule has 0 radical (unpaired) electrons. The van der Waals surface area contributed by atoms with Gasteiger partial charge in [0.1, 0.15) is 29.5 Å². The van der Waals surface area contributed by atoms with Crippen molar-refractivity contribution < 1.29 is 28.5 Å². The van der Waals surface area contributed by atoms with Crippen molar-refractivity contribution in [1.29, 1.82) is 0 Å². The van der Waals surface area contributed by atoms with E-state index in [1.807, 2.05) is 12.1 Å². The van der Waals surface area contributed by atoms with E-state index in [4.69, 9.17) is 18.9 Å². The van der Waals surface area contributed by atoms with E-state index in [1.165, 1.54) is 25.1 Å². The lowest BCUT2D eigenvalue weighted by Gasteiger charge is -2.11. The van der Waals surface area contributed by atoms with Crippen LogP contribution in [0.25, 0.3) is 25.1 Å². The summed E-state index contributed by atoms with van der Waals surface area (Å²) in [5.74, 6) is 1.11. The minimum atomic E-state index is -0.660. The Kier molecular flexibility index (Phi) is 5.51. The second-order valence-electron chi connectivity index (χ2n) is 9.50. The largest absolute Gasteiger partial charge is 0.509 e. The quantitative estimate of drug-likeness (QED) is 0.133. The first-order valence-electron chi connectivity index (χ1n) is 12.5. The zero-order valence-electron chi connectivity index (χ0n) is 20.2. The number of hydrogen-bond donors (Lipinski definition) is 0. The Balaban J connectivity index is 1.04. The van der Waals surface area contributed by atoms with E-state index in [2.05, 4.69) is 60.7 Å². The second-order valence-corrected chi connectivity index (χ2v) is 11.5. The number of benzene rings is 4. The second kappa shape index (κ2) is 9.19. The van der Waals surface area contributed by atoms with Crippen molar-refractivity contribution in [2.45, 2.75) is 25.0 Å². The standard InChI is InChI=1S/C31H23O6S/c32-30(19-17-26-27(18-19)37-31(33)36-26)35-22-11-9-20(10-12-22)34-21-13-15-23(16-14-21)38-28-7-3-1-5-24(28)25-6-2-4-8-29(25)38/h1-16,19,26-27H,17-18H2/q+1. The van der Waals surface area contributed by atoms with Crippen LogP contribution in [0.1, 0.15) is 12.8 Å². The maximum atomic E-state index is 12.5. The predicted octanol–water partition coefficient (Wildman–Crippen LogP) is 7.74. The monoisotopic (exact) mass is 523 g/mol. The summed E-state index contributed by atoms with van der Waals surface area (Å²) in [4.78, 5) is 25.0. The Labute approximate surface area is 221 Å². The third-order valence-corrected chi connectivity index (χ3v) is 9.45. The van der Waals surface area contributed by atoms with Gasteiger partial charge in [-0.2, -0.15) is 0 Å². The molecule has 0 bridgehead atoms. The van der Waals surface area contributed by atoms with Gasteiger partial charge in [-0.1, -0.05) is 24.3 Å². The summed E-state index contributed by atoms with van der Waals surface area (Å²) in [5.41, 5.74) is 0. The van der Waals surface area contributed by atoms with Gasteiger partial charge in [-0.05, 0) is 60.7 Å². The number of carbonyl (C=O) groups excluding carboxylic acids is 2. The Hall–Kier alpha value is -4.36. The van der Waals surface area contributed by atoms with E-state index in [0.717, 1.165) is 5.75 Å². The number of thiophene rings is 1. The average Bonchev–Trinajstić information content (AvgIpc) is 3.60. The van der Waals surface area contributed by atoms with Gasteiger partial charge in [-0.25, -0.2) is 4.79 Å². The van der Waals surface area contributed by atoms with Crippen LogP contribution < -0.4 is 9.47 Å². The zero-order valence-corrected chi connectivity index (χ0v) is 21.1. The van der Waals surface area contributed by atoms with E-state index >= 15 is 0 Å². The fraction of sp³-hybridized carbons (Fsp3) is 0.161. The zero-order chi connectivity index (χ0) is 25.6. The van der Waals surface area contributed by atoms with E-state index in [-0.39, 0.29) is 34.6 Å². The van der Waals surface area contributed by atoms with Crippen LogP contribution in [-0.4, -0.2) is 24.3 Å². The van der Waals surface area contributed by atoms with E-state index in [1.54, 1.807) is 24.3 Å². The molecule has 5 aromatic rings. The maximum Gasteiger partial charge on any atom is 0.509 e. The van der Waals surface area contributed by atoms with Crippen molar-refractivity contribution in [3.8, 4) is 22.1 Å². The molecule has 0 N–H and O–H groups in total. The van der Waals surface area contributed by atoms with Gasteiger partial charge in [-0.15, -0.1) is 0 Å². The lowest BCUT2D eigenvalue weighted by atomic mass is 10.1. The number of rotatable bonds is 5. The minimum absolute atomic E-state index is 0.145. The van der Waals surface area contributed by atoms with Crippen LogP contribution >= 0.6 is 10.5 Å². The number of ether oxygens (including phenoxy) is 4. The van der Waals surface area contributed by atoms with Crippen molar-refractivity contribution in [3.05, 3.63) is 97.1 Å². The highest BCUT2D eigenvalue weighted by Gasteiger charge is 2.47. The Morgan fingerprint density at radius 2 is 1.18 bits per heavy atom. The van der Waals surface area contributed by atoms with Crippen molar-refractivity contribution in [2.24, 2.45) is 5.92 Å². The van der Waals surface area contributed by atoms with Crippen LogP contribution in [0, 0.1) is 5.92 Å². The predicted molar refractivity (Wildman–Crippen MR) is 145 cm³/mol. The SMILES string of the molecule is O=C1OC2CC(C(=O)Oc3ccc(Oc4ccc(-[s+]5c6ccccc6c6ccccc65)cc4)cc3)CC2O1. The van der Waals surface area contributed by atoms with Gasteiger partial charge in [0.2, 0.25) is 0 Å². The molecule has 1 aliphatic heterocycles. The summed E-state index contributed by atoms with van der Waals surface area (Å²) in [7, 11) is -0.145. The lowest BCUT2D eigenvalue weighted by Crippen LogP contribution is -2.20. The summed E-state index contributed by atoms with van der Waals surface area (Å²) in [5, 5.41) is 2.61. The van der Waals surface area contributed by atoms with Crippen molar-refractivity contribution in [3.63, 3.8) is 0 Å². The topological polar surface area (TPSA) is 71.1 Å². The molecule has 7 heteroatoms. The van der Waals surface area contributed by atoms with Gasteiger partial charge >= 0.3 is 12.1 Å². The van der Waals surface area contributed by atoms with Gasteiger partial charge in [0.25, 0.3) is 0 Å². The highest BCUT2D eigenvalue weighted by molar-refractivity contribution is 7.50. The van der Waals surface area contributed by atoms with E-state index < -0.39 is 6.16 Å². The first-order valence-corrected chi connectivity index (χ1v) is 13.7. The highest BCUT2D eigenvalue weighted by Crippen LogP contribution is 2.48. The third kappa shape index (κ3) is 4.05. The maximum absolute atomic E-state index is 12.5. The summed E-state index contributed by atoms with van der Waals surface area (Å²) in [6.45, 7) is 0. The molecule has 2 aliphatic rings. The normalized spacial score (nSPS) is 20.2. The molecule has 1 aliphatic carbocycles. The van der Waals surface area contributed by atoms with Gasteiger partial charge in [0.05, 0.1) is 5.92 Å². The average molecular weight is 524 g/mol. The Morgan fingerprint density at radius 1 is 0.684 bits per heavy atom. The van der Waals surface area contributed by atoms with Gasteiger partial charge in [0, 0.05) is 46.2 Å². The smallest absolute Gasteiger partial charge is 0.457 e. The molecular formula is C31H23O6S+. The molecule has 4 aromatic carbocycles. The van der Waals surface area contributed by atoms with Gasteiger partial charge in [-0.3, -0.25) is 4.79 Å². The molecule has 2 fully saturated rings. The van der Waals surface area contributed by atoms with Crippen LogP contribution in [-0.2, 0) is 14.3 Å². The number of esters is 1. The molecule has 2 atom stereocenters. The molecule has 0 spiro atoms. The van der Waals surface area contributed by atoms with Crippen LogP contribution in [0.3, 0.4) is 0 Å². The molecular weight excluding hydrogens is 500 g/mol. The fourth-order valence-corrected chi connectivity index (χ4v) is 7.72. The Morgan fingerprint density at radius 3 is 1.76 bits per heavy atom. The first kappa shape index (κ1) is 22.8. The van der Waals surface area contributed by atoms with Crippen molar-refractivity contribution in [2.75, 3.05) is 0 Å². The molecule has 2 unspecified atom stereocenters. The van der Waals surface area contributed by atoms with Gasteiger partial charge < -0.3 is 18.9 Å². The third-order valence-electron chi connectivity index (χ3n) is 7.12. The molecule has 1 aromatic heterocycles. The molecule has 38 heavy (non-hydrogen) atoms. The molecule has 0 amide bonds. The minimum Gasteiger partial charge on any atom is -0.457 e. The molecule has 7 rings (SSSR count). The molecule has 1 saturated carbocycles. The van der Waals surface area contributed by atoms with Crippen molar-refractivity contribution >= 4 is 42.8 Å². The van der Waals surface area contributed by atoms with Crippen LogP contribution in [0.5, 0.6) is 17.2 Å². The number of fused-ring (bicyclic) bond motifs is 4. The summed E-state index contributed by atoms with van der Waals surface area (Å²) in [6, 6.07) is 32.4. The van der Waals surface area contributed by atoms with Crippen LogP contribution in [0.15, 0.2) is 97.1 Å². The molecule has 6 nitrogen and oxygen atoms in total. The molecule has 188 valence electrons. The fourth-order valence-electron chi connectivity index (χ4n) is 5.34. The van der Waals surface area contributed by atoms with Gasteiger partial charge in [0.15, 0.2) is 14.3 Å². The van der Waals surface area contributed by atoms with Crippen LogP contribution in [0.2, 0.25) is 0 Å². The number of hydrogen-bond acceptors (Lipinski definition) is 6. The summed E-state index contributed by atoms with van der Waals surface area (Å²) < 4.78 is 24.4. The van der Waals surface area contributed by atoms with E-state index in [9.17, 15) is 9.59 Å². The van der Waals surface area contributed by atoms with Crippen LogP contribution in [0.4, 0.5) is 4.79 Å². The van der Waals surface area contributed by atoms with E-state index in [0.29, 0.717) is 24.3 Å². The summed E-state index contributed by atoms with van der Waals surface area (Å²) in [6.07, 6.45) is -0.538. The number of carbonyl (C=O) groups is 2. The lowest BCUT2D eigenvalue weighted by molar-refractivity contribution is -0.139. The Bertz CT molecular complexity index is 1600. The summed E-state index contributed by atoms with van der Waals surface area (Å²) >= 11 is 0.